The highest BCUT2D eigenvalue weighted by Gasteiger charge is 2.25. The van der Waals surface area contributed by atoms with Crippen molar-refractivity contribution in [2.75, 3.05) is 23.9 Å². The molecule has 2 aromatic rings. The summed E-state index contributed by atoms with van der Waals surface area (Å²) in [7, 11) is 0. The number of aliphatic hydroxyl groups is 1. The second-order valence-corrected chi connectivity index (χ2v) is 5.70. The van der Waals surface area contributed by atoms with E-state index >= 15 is 0 Å². The summed E-state index contributed by atoms with van der Waals surface area (Å²) in [4.78, 5) is 11.6. The summed E-state index contributed by atoms with van der Waals surface area (Å²) >= 11 is 1.66. The Balaban J connectivity index is 2.29. The number of nitrogens with one attached hydrogen (secondary N) is 1. The number of carboxylic acids is 1. The Hall–Kier alpha value is -1.99. The van der Waals surface area contributed by atoms with Crippen LogP contribution in [0, 0.1) is 0 Å². The van der Waals surface area contributed by atoms with Crippen molar-refractivity contribution in [3.05, 3.63) is 35.9 Å². The van der Waals surface area contributed by atoms with Crippen LogP contribution in [0.4, 0.5) is 5.82 Å². The minimum absolute atomic E-state index is 0.0196. The predicted octanol–water partition coefficient (Wildman–Crippen LogP) is 2.57. The number of anilines is 1. The van der Waals surface area contributed by atoms with Gasteiger partial charge in [0, 0.05) is 5.56 Å². The number of aromatic nitrogens is 1. The molecule has 0 saturated heterocycles. The molecule has 2 rings (SSSR count). The first-order valence-electron chi connectivity index (χ1n) is 6.82. The minimum atomic E-state index is -1.12. The Morgan fingerprint density at radius 3 is 2.73 bits per heavy atom. The van der Waals surface area contributed by atoms with Gasteiger partial charge in [-0.3, -0.25) is 0 Å². The van der Waals surface area contributed by atoms with Gasteiger partial charge in [-0.05, 0) is 18.4 Å². The van der Waals surface area contributed by atoms with Gasteiger partial charge in [0.05, 0.1) is 12.6 Å². The van der Waals surface area contributed by atoms with E-state index in [1.165, 1.54) is 0 Å². The number of hydrogen-bond donors (Lipinski definition) is 3. The zero-order valence-corrected chi connectivity index (χ0v) is 13.0. The van der Waals surface area contributed by atoms with Gasteiger partial charge in [-0.15, -0.1) is 0 Å². The number of carbonyl (C=O) groups is 1. The molecule has 1 heterocycles. The molecule has 0 aliphatic rings. The maximum Gasteiger partial charge on any atom is 0.343 e. The van der Waals surface area contributed by atoms with E-state index in [4.69, 9.17) is 4.52 Å². The summed E-state index contributed by atoms with van der Waals surface area (Å²) < 4.78 is 5.21. The van der Waals surface area contributed by atoms with Gasteiger partial charge in [-0.25, -0.2) is 4.79 Å². The number of aromatic carboxylic acids is 1. The van der Waals surface area contributed by atoms with E-state index in [1.54, 1.807) is 36.0 Å². The standard InChI is InChI=1S/C15H18N2O4S/c1-22-8-7-11(9-18)16-14-12(15(19)20)13(21-17-14)10-5-3-2-4-6-10/h2-6,11,18H,7-9H2,1H3,(H,16,17)(H,19,20)/t11-/m0/s1. The lowest BCUT2D eigenvalue weighted by Crippen LogP contribution is -2.25. The van der Waals surface area contributed by atoms with Crippen molar-refractivity contribution in [1.82, 2.24) is 5.16 Å². The molecule has 118 valence electrons. The summed E-state index contributed by atoms with van der Waals surface area (Å²) in [6.45, 7) is -0.104. The monoisotopic (exact) mass is 322 g/mol. The topological polar surface area (TPSA) is 95.6 Å². The fraction of sp³-hybridized carbons (Fsp3) is 0.333. The number of rotatable bonds is 8. The van der Waals surface area contributed by atoms with Gasteiger partial charge < -0.3 is 20.1 Å². The maximum absolute atomic E-state index is 11.6. The van der Waals surface area contributed by atoms with Gasteiger partial charge in [0.1, 0.15) is 0 Å². The normalized spacial score (nSPS) is 12.1. The van der Waals surface area contributed by atoms with E-state index in [2.05, 4.69) is 10.5 Å². The second kappa shape index (κ2) is 7.86. The molecule has 0 fully saturated rings. The van der Waals surface area contributed by atoms with Crippen molar-refractivity contribution in [2.24, 2.45) is 0 Å². The molecule has 0 unspecified atom stereocenters. The lowest BCUT2D eigenvalue weighted by atomic mass is 10.1. The number of benzene rings is 1. The van der Waals surface area contributed by atoms with Gasteiger partial charge in [0.2, 0.25) is 0 Å². The van der Waals surface area contributed by atoms with Crippen molar-refractivity contribution >= 4 is 23.5 Å². The fourth-order valence-electron chi connectivity index (χ4n) is 2.04. The molecule has 0 spiro atoms. The first-order chi connectivity index (χ1) is 10.7. The molecule has 7 heteroatoms. The Morgan fingerprint density at radius 1 is 1.41 bits per heavy atom. The lowest BCUT2D eigenvalue weighted by molar-refractivity contribution is 0.0698. The van der Waals surface area contributed by atoms with Crippen LogP contribution in [0.1, 0.15) is 16.8 Å². The number of nitrogens with zero attached hydrogens (tertiary/aromatic N) is 1. The van der Waals surface area contributed by atoms with Crippen LogP contribution in [-0.4, -0.2) is 46.0 Å². The average molecular weight is 322 g/mol. The second-order valence-electron chi connectivity index (χ2n) is 4.71. The fourth-order valence-corrected chi connectivity index (χ4v) is 2.56. The molecule has 0 bridgehead atoms. The third kappa shape index (κ3) is 3.80. The van der Waals surface area contributed by atoms with Gasteiger partial charge in [-0.1, -0.05) is 35.5 Å². The van der Waals surface area contributed by atoms with Crippen molar-refractivity contribution in [2.45, 2.75) is 12.5 Å². The summed E-state index contributed by atoms with van der Waals surface area (Å²) in [6.07, 6.45) is 2.67. The van der Waals surface area contributed by atoms with Crippen LogP contribution in [0.5, 0.6) is 0 Å². The van der Waals surface area contributed by atoms with Crippen LogP contribution in [0.15, 0.2) is 34.9 Å². The van der Waals surface area contributed by atoms with Gasteiger partial charge >= 0.3 is 5.97 Å². The number of thioether (sulfide) groups is 1. The molecule has 0 aliphatic heterocycles. The Labute approximate surface area is 132 Å². The molecule has 0 amide bonds. The molecule has 6 nitrogen and oxygen atoms in total. The quantitative estimate of drug-likeness (QED) is 0.687. The molecule has 3 N–H and O–H groups in total. The zero-order chi connectivity index (χ0) is 15.9. The first-order valence-corrected chi connectivity index (χ1v) is 8.21. The SMILES string of the molecule is CSCC[C@@H](CO)Nc1noc(-c2ccccc2)c1C(=O)O. The highest BCUT2D eigenvalue weighted by atomic mass is 32.2. The lowest BCUT2D eigenvalue weighted by Gasteiger charge is -2.15. The molecular formula is C15H18N2O4S. The number of aliphatic hydroxyl groups excluding tert-OH is 1. The van der Waals surface area contributed by atoms with E-state index in [1.807, 2.05) is 12.3 Å². The number of carboxylic acid groups (broad SMARTS) is 1. The summed E-state index contributed by atoms with van der Waals surface area (Å²) in [5.41, 5.74) is 0.624. The van der Waals surface area contributed by atoms with Gasteiger partial charge in [0.25, 0.3) is 0 Å². The van der Waals surface area contributed by atoms with Crippen molar-refractivity contribution in [1.29, 1.82) is 0 Å². The highest BCUT2D eigenvalue weighted by Crippen LogP contribution is 2.29. The molecule has 1 aromatic carbocycles. The smallest absolute Gasteiger partial charge is 0.343 e. The first kappa shape index (κ1) is 16.4. The van der Waals surface area contributed by atoms with Crippen molar-refractivity contribution in [3.8, 4) is 11.3 Å². The van der Waals surface area contributed by atoms with E-state index < -0.39 is 5.97 Å². The molecular weight excluding hydrogens is 304 g/mol. The van der Waals surface area contributed by atoms with Crippen LogP contribution < -0.4 is 5.32 Å². The Kier molecular flexibility index (Phi) is 5.85. The third-order valence-corrected chi connectivity index (χ3v) is 3.82. The average Bonchev–Trinajstić information content (AvgIpc) is 2.96. The summed E-state index contributed by atoms with van der Waals surface area (Å²) in [5.74, 6) is 0.0807. The molecule has 1 atom stereocenters. The Morgan fingerprint density at radius 2 is 2.14 bits per heavy atom. The van der Waals surface area contributed by atoms with Gasteiger partial charge in [0.15, 0.2) is 17.1 Å². The van der Waals surface area contributed by atoms with E-state index in [9.17, 15) is 15.0 Å². The van der Waals surface area contributed by atoms with Crippen LogP contribution >= 0.6 is 11.8 Å². The van der Waals surface area contributed by atoms with E-state index in [-0.39, 0.29) is 29.8 Å². The van der Waals surface area contributed by atoms with Crippen LogP contribution in [0.2, 0.25) is 0 Å². The molecule has 1 aromatic heterocycles. The molecule has 0 radical (unpaired) electrons. The van der Waals surface area contributed by atoms with Crippen LogP contribution in [0.25, 0.3) is 11.3 Å². The maximum atomic E-state index is 11.6. The Bertz CT molecular complexity index is 615. The highest BCUT2D eigenvalue weighted by molar-refractivity contribution is 7.98. The van der Waals surface area contributed by atoms with E-state index in [0.717, 1.165) is 5.75 Å². The van der Waals surface area contributed by atoms with Crippen LogP contribution in [-0.2, 0) is 0 Å². The summed E-state index contributed by atoms with van der Waals surface area (Å²) in [6, 6.07) is 8.68. The third-order valence-electron chi connectivity index (χ3n) is 3.17. The summed E-state index contributed by atoms with van der Waals surface area (Å²) in [5, 5.41) is 25.6. The van der Waals surface area contributed by atoms with Crippen molar-refractivity contribution in [3.63, 3.8) is 0 Å². The zero-order valence-electron chi connectivity index (χ0n) is 12.2. The van der Waals surface area contributed by atoms with Gasteiger partial charge in [-0.2, -0.15) is 11.8 Å². The predicted molar refractivity (Wildman–Crippen MR) is 86.4 cm³/mol. The molecule has 0 saturated carbocycles. The minimum Gasteiger partial charge on any atom is -0.477 e. The van der Waals surface area contributed by atoms with E-state index in [0.29, 0.717) is 12.0 Å². The molecule has 0 aliphatic carbocycles. The molecule has 22 heavy (non-hydrogen) atoms. The van der Waals surface area contributed by atoms with Crippen molar-refractivity contribution < 1.29 is 19.5 Å². The largest absolute Gasteiger partial charge is 0.477 e. The number of hydrogen-bond acceptors (Lipinski definition) is 6. The van der Waals surface area contributed by atoms with Crippen LogP contribution in [0.3, 0.4) is 0 Å².